The second-order valence-electron chi connectivity index (χ2n) is 7.72. The average molecular weight is 403 g/mol. The van der Waals surface area contributed by atoms with Gasteiger partial charge in [-0.1, -0.05) is 36.4 Å². The summed E-state index contributed by atoms with van der Waals surface area (Å²) in [5.41, 5.74) is 2.62. The number of nitrogens with one attached hydrogen (secondary N) is 1. The molecule has 6 heteroatoms. The predicted octanol–water partition coefficient (Wildman–Crippen LogP) is 3.59. The van der Waals surface area contributed by atoms with E-state index in [0.717, 1.165) is 10.9 Å². The molecule has 0 radical (unpaired) electrons. The largest absolute Gasteiger partial charge is 0.368 e. The Morgan fingerprint density at radius 3 is 2.60 bits per heavy atom. The van der Waals surface area contributed by atoms with Crippen LogP contribution < -0.4 is 5.32 Å². The molecule has 2 amide bonds. The van der Waals surface area contributed by atoms with Gasteiger partial charge in [-0.25, -0.2) is 4.98 Å². The van der Waals surface area contributed by atoms with Gasteiger partial charge >= 0.3 is 0 Å². The van der Waals surface area contributed by atoms with Crippen LogP contribution in [0.4, 0.5) is 0 Å². The van der Waals surface area contributed by atoms with E-state index >= 15 is 0 Å². The van der Waals surface area contributed by atoms with Crippen LogP contribution in [0.15, 0.2) is 60.7 Å². The highest BCUT2D eigenvalue weighted by molar-refractivity contribution is 6.06. The Kier molecular flexibility index (Phi) is 5.77. The van der Waals surface area contributed by atoms with Gasteiger partial charge in [-0.2, -0.15) is 0 Å². The Hall–Kier alpha value is -3.25. The summed E-state index contributed by atoms with van der Waals surface area (Å²) < 4.78 is 5.96. The van der Waals surface area contributed by atoms with Crippen LogP contribution in [0.25, 0.3) is 10.9 Å². The molecule has 0 aliphatic carbocycles. The highest BCUT2D eigenvalue weighted by atomic mass is 16.5. The number of aromatic nitrogens is 1. The number of hydrogen-bond donors (Lipinski definition) is 1. The fourth-order valence-electron chi connectivity index (χ4n) is 3.66. The number of carbonyl (C=O) groups excluding carboxylic acids is 2. The topological polar surface area (TPSA) is 71.5 Å². The molecule has 3 aromatic rings. The van der Waals surface area contributed by atoms with E-state index in [2.05, 4.69) is 5.32 Å². The van der Waals surface area contributed by atoms with Crippen LogP contribution in [0, 0.1) is 0 Å². The maximum atomic E-state index is 12.9. The van der Waals surface area contributed by atoms with Gasteiger partial charge in [0.2, 0.25) is 0 Å². The first-order chi connectivity index (χ1) is 14.5. The molecule has 0 spiro atoms. The number of rotatable bonds is 4. The summed E-state index contributed by atoms with van der Waals surface area (Å²) in [6.45, 7) is 5.20. The summed E-state index contributed by atoms with van der Waals surface area (Å²) in [5.74, 6) is -0.166. The van der Waals surface area contributed by atoms with Crippen molar-refractivity contribution in [3.63, 3.8) is 0 Å². The molecular formula is C24H25N3O3. The highest BCUT2D eigenvalue weighted by Gasteiger charge is 2.28. The third-order valence-electron chi connectivity index (χ3n) is 5.10. The van der Waals surface area contributed by atoms with Crippen molar-refractivity contribution in [1.29, 1.82) is 0 Å². The van der Waals surface area contributed by atoms with Crippen LogP contribution in [0.2, 0.25) is 0 Å². The number of fused-ring (bicyclic) bond motifs is 1. The van der Waals surface area contributed by atoms with Crippen LogP contribution in [0.1, 0.15) is 46.4 Å². The van der Waals surface area contributed by atoms with Gasteiger partial charge in [0.15, 0.2) is 0 Å². The normalized spacial score (nSPS) is 16.6. The summed E-state index contributed by atoms with van der Waals surface area (Å²) in [7, 11) is 0. The van der Waals surface area contributed by atoms with Crippen molar-refractivity contribution in [3.05, 3.63) is 77.5 Å². The standard InChI is InChI=1S/C24H25N3O3/c1-16(2)25-23(28)19-14-21(26-20-11-7-6-10-18(19)20)22-15-27(12-13-30-22)24(29)17-8-4-3-5-9-17/h3-11,14,16,22H,12-13,15H2,1-2H3,(H,25,28). The van der Waals surface area contributed by atoms with Crippen LogP contribution in [0.3, 0.4) is 0 Å². The number of morpholine rings is 1. The molecule has 1 aliphatic rings. The molecule has 0 bridgehead atoms. The van der Waals surface area contributed by atoms with Gasteiger partial charge < -0.3 is 15.0 Å². The molecule has 2 aromatic carbocycles. The molecule has 4 rings (SSSR count). The van der Waals surface area contributed by atoms with Gasteiger partial charge in [-0.05, 0) is 38.1 Å². The van der Waals surface area contributed by atoms with Crippen LogP contribution in [-0.2, 0) is 4.74 Å². The van der Waals surface area contributed by atoms with Crippen LogP contribution in [-0.4, -0.2) is 47.4 Å². The molecule has 1 N–H and O–H groups in total. The number of benzene rings is 2. The van der Waals surface area contributed by atoms with Crippen LogP contribution in [0.5, 0.6) is 0 Å². The van der Waals surface area contributed by atoms with Gasteiger partial charge in [-0.15, -0.1) is 0 Å². The zero-order chi connectivity index (χ0) is 21.1. The lowest BCUT2D eigenvalue weighted by atomic mass is 10.0. The second-order valence-corrected chi connectivity index (χ2v) is 7.72. The van der Waals surface area contributed by atoms with E-state index in [1.165, 1.54) is 0 Å². The lowest BCUT2D eigenvalue weighted by Gasteiger charge is -2.33. The van der Waals surface area contributed by atoms with Crippen molar-refractivity contribution in [2.45, 2.75) is 26.0 Å². The quantitative estimate of drug-likeness (QED) is 0.723. The van der Waals surface area contributed by atoms with Crippen molar-refractivity contribution < 1.29 is 14.3 Å². The minimum Gasteiger partial charge on any atom is -0.368 e. The molecule has 154 valence electrons. The average Bonchev–Trinajstić information content (AvgIpc) is 2.78. The molecule has 0 saturated carbocycles. The van der Waals surface area contributed by atoms with Crippen molar-refractivity contribution in [1.82, 2.24) is 15.2 Å². The molecule has 1 aliphatic heterocycles. The Morgan fingerprint density at radius 1 is 1.10 bits per heavy atom. The maximum Gasteiger partial charge on any atom is 0.254 e. The van der Waals surface area contributed by atoms with Gasteiger partial charge in [0.1, 0.15) is 6.10 Å². The maximum absolute atomic E-state index is 12.9. The van der Waals surface area contributed by atoms with E-state index in [0.29, 0.717) is 36.5 Å². The Bertz CT molecular complexity index is 1070. The Labute approximate surface area is 175 Å². The predicted molar refractivity (Wildman–Crippen MR) is 115 cm³/mol. The number of hydrogen-bond acceptors (Lipinski definition) is 4. The fourth-order valence-corrected chi connectivity index (χ4v) is 3.66. The molecule has 30 heavy (non-hydrogen) atoms. The summed E-state index contributed by atoms with van der Waals surface area (Å²) in [6.07, 6.45) is -0.387. The first-order valence-electron chi connectivity index (χ1n) is 10.2. The minimum atomic E-state index is -0.387. The Balaban J connectivity index is 1.65. The molecule has 6 nitrogen and oxygen atoms in total. The van der Waals surface area contributed by atoms with Crippen molar-refractivity contribution >= 4 is 22.7 Å². The van der Waals surface area contributed by atoms with Crippen LogP contribution >= 0.6 is 0 Å². The highest BCUT2D eigenvalue weighted by Crippen LogP contribution is 2.27. The number of amides is 2. The van der Waals surface area contributed by atoms with E-state index < -0.39 is 0 Å². The van der Waals surface area contributed by atoms with Gasteiger partial charge in [0.05, 0.1) is 29.9 Å². The third-order valence-corrected chi connectivity index (χ3v) is 5.10. The van der Waals surface area contributed by atoms with E-state index in [1.807, 2.05) is 68.4 Å². The van der Waals surface area contributed by atoms with E-state index in [-0.39, 0.29) is 24.0 Å². The molecular weight excluding hydrogens is 378 g/mol. The van der Waals surface area contributed by atoms with Crippen molar-refractivity contribution in [2.24, 2.45) is 0 Å². The van der Waals surface area contributed by atoms with Gasteiger partial charge in [-0.3, -0.25) is 9.59 Å². The fraction of sp³-hybridized carbons (Fsp3) is 0.292. The zero-order valence-corrected chi connectivity index (χ0v) is 17.2. The molecule has 1 saturated heterocycles. The smallest absolute Gasteiger partial charge is 0.254 e. The van der Waals surface area contributed by atoms with Crippen molar-refractivity contribution in [3.8, 4) is 0 Å². The molecule has 2 heterocycles. The number of pyridine rings is 1. The monoisotopic (exact) mass is 403 g/mol. The first-order valence-corrected chi connectivity index (χ1v) is 10.2. The van der Waals surface area contributed by atoms with E-state index in [9.17, 15) is 9.59 Å². The SMILES string of the molecule is CC(C)NC(=O)c1cc(C2CN(C(=O)c3ccccc3)CCO2)nc2ccccc12. The number of nitrogens with zero attached hydrogens (tertiary/aromatic N) is 2. The second kappa shape index (κ2) is 8.63. The summed E-state index contributed by atoms with van der Waals surface area (Å²) in [4.78, 5) is 32.2. The number of carbonyl (C=O) groups is 2. The third kappa shape index (κ3) is 4.19. The summed E-state index contributed by atoms with van der Waals surface area (Å²) in [5, 5.41) is 3.76. The van der Waals surface area contributed by atoms with Gasteiger partial charge in [0, 0.05) is 23.5 Å². The summed E-state index contributed by atoms with van der Waals surface area (Å²) in [6, 6.07) is 18.6. The number of ether oxygens (including phenoxy) is 1. The molecule has 1 fully saturated rings. The van der Waals surface area contributed by atoms with E-state index in [4.69, 9.17) is 9.72 Å². The van der Waals surface area contributed by atoms with Gasteiger partial charge in [0.25, 0.3) is 11.8 Å². The lowest BCUT2D eigenvalue weighted by molar-refractivity contribution is -0.0246. The minimum absolute atomic E-state index is 0.0255. The molecule has 1 aromatic heterocycles. The Morgan fingerprint density at radius 2 is 1.83 bits per heavy atom. The zero-order valence-electron chi connectivity index (χ0n) is 17.2. The van der Waals surface area contributed by atoms with Crippen molar-refractivity contribution in [2.75, 3.05) is 19.7 Å². The molecule has 1 atom stereocenters. The first kappa shape index (κ1) is 20.0. The number of para-hydroxylation sites is 1. The van der Waals surface area contributed by atoms with E-state index in [1.54, 1.807) is 11.0 Å². The summed E-state index contributed by atoms with van der Waals surface area (Å²) >= 11 is 0. The lowest BCUT2D eigenvalue weighted by Crippen LogP contribution is -2.42. The molecule has 1 unspecified atom stereocenters.